The summed E-state index contributed by atoms with van der Waals surface area (Å²) >= 11 is 1.38. The Morgan fingerprint density at radius 2 is 1.89 bits per heavy atom. The van der Waals surface area contributed by atoms with Crippen LogP contribution in [0.1, 0.15) is 22.5 Å². The topological polar surface area (TPSA) is 74.8 Å². The number of fused-ring (bicyclic) bond motifs is 1. The third kappa shape index (κ3) is 3.99. The lowest BCUT2D eigenvalue weighted by molar-refractivity contribution is -0.116. The van der Waals surface area contributed by atoms with Gasteiger partial charge in [0.15, 0.2) is 5.78 Å². The molecule has 2 heterocycles. The molecule has 5 nitrogen and oxygen atoms in total. The number of amides is 1. The number of benzene rings is 2. The zero-order valence-corrected chi connectivity index (χ0v) is 15.6. The number of aromatic nitrogens is 2. The van der Waals surface area contributed by atoms with E-state index >= 15 is 0 Å². The average Bonchev–Trinajstić information content (AvgIpc) is 3.36. The minimum absolute atomic E-state index is 0.0295. The third-order valence-corrected chi connectivity index (χ3v) is 5.17. The summed E-state index contributed by atoms with van der Waals surface area (Å²) in [7, 11) is 0. The molecule has 140 valence electrons. The summed E-state index contributed by atoms with van der Waals surface area (Å²) < 4.78 is 13.1. The first-order chi connectivity index (χ1) is 13.6. The van der Waals surface area contributed by atoms with E-state index in [4.69, 9.17) is 0 Å². The SMILES string of the molecule is O=C(CCC(=O)c1cccs1)Nc1ccc2nc(-c3ccc(F)cc3)[nH]c2c1. The zero-order chi connectivity index (χ0) is 19.5. The number of rotatable bonds is 6. The van der Waals surface area contributed by atoms with Crippen molar-refractivity contribution < 1.29 is 14.0 Å². The van der Waals surface area contributed by atoms with E-state index in [-0.39, 0.29) is 30.3 Å². The Labute approximate surface area is 164 Å². The van der Waals surface area contributed by atoms with Crippen LogP contribution >= 0.6 is 11.3 Å². The quantitative estimate of drug-likeness (QED) is 0.451. The number of halogens is 1. The first-order valence-corrected chi connectivity index (χ1v) is 9.59. The summed E-state index contributed by atoms with van der Waals surface area (Å²) in [4.78, 5) is 32.5. The number of ketones is 1. The Hall–Kier alpha value is -3.32. The van der Waals surface area contributed by atoms with Gasteiger partial charge in [-0.25, -0.2) is 9.37 Å². The van der Waals surface area contributed by atoms with E-state index < -0.39 is 0 Å². The number of carbonyl (C=O) groups is 2. The van der Waals surface area contributed by atoms with E-state index in [1.807, 2.05) is 11.4 Å². The van der Waals surface area contributed by atoms with Crippen molar-refractivity contribution in [2.75, 3.05) is 5.32 Å². The molecule has 0 atom stereocenters. The van der Waals surface area contributed by atoms with Gasteiger partial charge in [0.1, 0.15) is 11.6 Å². The van der Waals surface area contributed by atoms with Crippen molar-refractivity contribution in [1.82, 2.24) is 9.97 Å². The molecule has 4 aromatic rings. The molecular weight excluding hydrogens is 377 g/mol. The van der Waals surface area contributed by atoms with Gasteiger partial charge in [0.05, 0.1) is 15.9 Å². The lowest BCUT2D eigenvalue weighted by Crippen LogP contribution is -2.13. The molecule has 0 saturated heterocycles. The summed E-state index contributed by atoms with van der Waals surface area (Å²) in [6, 6.07) is 15.0. The van der Waals surface area contributed by atoms with Crippen molar-refractivity contribution in [2.24, 2.45) is 0 Å². The van der Waals surface area contributed by atoms with Gasteiger partial charge in [0.25, 0.3) is 0 Å². The number of imidazole rings is 1. The number of hydrogen-bond donors (Lipinski definition) is 2. The third-order valence-electron chi connectivity index (χ3n) is 4.26. The van der Waals surface area contributed by atoms with Crippen LogP contribution in [0.3, 0.4) is 0 Å². The Kier molecular flexibility index (Phi) is 4.99. The van der Waals surface area contributed by atoms with Crippen LogP contribution in [-0.4, -0.2) is 21.7 Å². The molecule has 7 heteroatoms. The second kappa shape index (κ2) is 7.74. The molecule has 0 radical (unpaired) electrons. The van der Waals surface area contributed by atoms with E-state index in [0.717, 1.165) is 16.6 Å². The van der Waals surface area contributed by atoms with Crippen LogP contribution in [0, 0.1) is 5.82 Å². The van der Waals surface area contributed by atoms with Gasteiger partial charge in [0.2, 0.25) is 5.91 Å². The van der Waals surface area contributed by atoms with Gasteiger partial charge >= 0.3 is 0 Å². The number of carbonyl (C=O) groups excluding carboxylic acids is 2. The summed E-state index contributed by atoms with van der Waals surface area (Å²) in [5.74, 6) is 0.0723. The van der Waals surface area contributed by atoms with Crippen LogP contribution in [-0.2, 0) is 4.79 Å². The number of anilines is 1. The maximum Gasteiger partial charge on any atom is 0.224 e. The van der Waals surface area contributed by atoms with Crippen LogP contribution in [0.15, 0.2) is 60.0 Å². The average molecular weight is 393 g/mol. The minimum atomic E-state index is -0.303. The van der Waals surface area contributed by atoms with Crippen molar-refractivity contribution in [3.05, 3.63) is 70.7 Å². The van der Waals surface area contributed by atoms with Gasteiger partial charge < -0.3 is 10.3 Å². The van der Waals surface area contributed by atoms with E-state index in [1.165, 1.54) is 23.5 Å². The second-order valence-corrected chi connectivity index (χ2v) is 7.22. The largest absolute Gasteiger partial charge is 0.338 e. The highest BCUT2D eigenvalue weighted by atomic mass is 32.1. The van der Waals surface area contributed by atoms with Gasteiger partial charge in [0, 0.05) is 24.1 Å². The fourth-order valence-corrected chi connectivity index (χ4v) is 3.54. The van der Waals surface area contributed by atoms with Gasteiger partial charge in [-0.1, -0.05) is 6.07 Å². The fourth-order valence-electron chi connectivity index (χ4n) is 2.84. The first-order valence-electron chi connectivity index (χ1n) is 8.71. The maximum atomic E-state index is 13.1. The van der Waals surface area contributed by atoms with Crippen molar-refractivity contribution in [2.45, 2.75) is 12.8 Å². The predicted molar refractivity (Wildman–Crippen MR) is 108 cm³/mol. The molecule has 2 aromatic carbocycles. The van der Waals surface area contributed by atoms with Crippen molar-refractivity contribution in [1.29, 1.82) is 0 Å². The second-order valence-electron chi connectivity index (χ2n) is 6.27. The van der Waals surface area contributed by atoms with E-state index in [1.54, 1.807) is 36.4 Å². The molecule has 1 amide bonds. The Bertz CT molecular complexity index is 1130. The highest BCUT2D eigenvalue weighted by Crippen LogP contribution is 2.23. The number of nitrogens with zero attached hydrogens (tertiary/aromatic N) is 1. The van der Waals surface area contributed by atoms with Crippen molar-refractivity contribution in [3.8, 4) is 11.4 Å². The molecular formula is C21H16FN3O2S. The minimum Gasteiger partial charge on any atom is -0.338 e. The molecule has 0 bridgehead atoms. The zero-order valence-electron chi connectivity index (χ0n) is 14.7. The normalized spacial score (nSPS) is 10.9. The highest BCUT2D eigenvalue weighted by molar-refractivity contribution is 7.12. The fraction of sp³-hybridized carbons (Fsp3) is 0.0952. The molecule has 0 aliphatic rings. The molecule has 0 aliphatic heterocycles. The number of Topliss-reactive ketones (excluding diaryl/α,β-unsaturated/α-hetero) is 1. The summed E-state index contributed by atoms with van der Waals surface area (Å²) in [6.45, 7) is 0. The van der Waals surface area contributed by atoms with Crippen LogP contribution in [0.4, 0.5) is 10.1 Å². The lowest BCUT2D eigenvalue weighted by atomic mass is 10.2. The summed E-state index contributed by atoms with van der Waals surface area (Å²) in [5.41, 5.74) is 2.89. The van der Waals surface area contributed by atoms with E-state index in [0.29, 0.717) is 16.4 Å². The van der Waals surface area contributed by atoms with Crippen molar-refractivity contribution in [3.63, 3.8) is 0 Å². The number of thiophene rings is 1. The molecule has 0 aliphatic carbocycles. The monoisotopic (exact) mass is 393 g/mol. The Morgan fingerprint density at radius 3 is 2.64 bits per heavy atom. The molecule has 0 spiro atoms. The number of hydrogen-bond acceptors (Lipinski definition) is 4. The van der Waals surface area contributed by atoms with Crippen LogP contribution in [0.25, 0.3) is 22.4 Å². The van der Waals surface area contributed by atoms with Gasteiger partial charge in [-0.15, -0.1) is 11.3 Å². The van der Waals surface area contributed by atoms with E-state index in [2.05, 4.69) is 15.3 Å². The van der Waals surface area contributed by atoms with Crippen LogP contribution in [0.2, 0.25) is 0 Å². The number of nitrogens with one attached hydrogen (secondary N) is 2. The number of H-pyrrole nitrogens is 1. The Balaban J connectivity index is 1.43. The standard InChI is InChI=1S/C21H16FN3O2S/c22-14-5-3-13(4-6-14)21-24-16-8-7-15(12-17(16)25-21)23-20(27)10-9-18(26)19-2-1-11-28-19/h1-8,11-12H,9-10H2,(H,23,27)(H,24,25). The van der Waals surface area contributed by atoms with E-state index in [9.17, 15) is 14.0 Å². The van der Waals surface area contributed by atoms with Crippen LogP contribution in [0.5, 0.6) is 0 Å². The summed E-state index contributed by atoms with van der Waals surface area (Å²) in [6.07, 6.45) is 0.298. The molecule has 2 N–H and O–H groups in total. The lowest BCUT2D eigenvalue weighted by Gasteiger charge is -2.04. The van der Waals surface area contributed by atoms with Crippen molar-refractivity contribution >= 4 is 39.7 Å². The first kappa shape index (κ1) is 18.1. The van der Waals surface area contributed by atoms with Crippen LogP contribution < -0.4 is 5.32 Å². The molecule has 0 unspecified atom stereocenters. The molecule has 2 aromatic heterocycles. The molecule has 0 fully saturated rings. The molecule has 0 saturated carbocycles. The van der Waals surface area contributed by atoms with Gasteiger partial charge in [-0.05, 0) is 53.9 Å². The maximum absolute atomic E-state index is 13.1. The molecule has 4 rings (SSSR count). The Morgan fingerprint density at radius 1 is 1.07 bits per heavy atom. The number of aromatic amines is 1. The highest BCUT2D eigenvalue weighted by Gasteiger charge is 2.11. The smallest absolute Gasteiger partial charge is 0.224 e. The molecule has 28 heavy (non-hydrogen) atoms. The summed E-state index contributed by atoms with van der Waals surface area (Å²) in [5, 5.41) is 4.65. The van der Waals surface area contributed by atoms with Gasteiger partial charge in [-0.3, -0.25) is 9.59 Å². The van der Waals surface area contributed by atoms with Gasteiger partial charge in [-0.2, -0.15) is 0 Å². The predicted octanol–water partition coefficient (Wildman–Crippen LogP) is 5.03.